The van der Waals surface area contributed by atoms with Crippen molar-refractivity contribution in [1.29, 1.82) is 0 Å². The number of ketones is 1. The molecule has 0 spiro atoms. The van der Waals surface area contributed by atoms with Gasteiger partial charge in [0, 0.05) is 36.2 Å². The number of hydrogen-bond donors (Lipinski definition) is 0. The third kappa shape index (κ3) is 3.83. The van der Waals surface area contributed by atoms with Crippen molar-refractivity contribution in [3.8, 4) is 11.4 Å². The molecule has 2 aromatic heterocycles. The van der Waals surface area contributed by atoms with Gasteiger partial charge in [0.05, 0.1) is 21.9 Å². The second kappa shape index (κ2) is 8.03. The molecule has 0 bridgehead atoms. The van der Waals surface area contributed by atoms with Crippen LogP contribution in [0.4, 0.5) is 5.69 Å². The van der Waals surface area contributed by atoms with E-state index in [9.17, 15) is 19.7 Å². The lowest BCUT2D eigenvalue weighted by molar-refractivity contribution is -0.384. The van der Waals surface area contributed by atoms with Crippen LogP contribution in [0.15, 0.2) is 54.7 Å². The molecule has 0 saturated carbocycles. The van der Waals surface area contributed by atoms with Gasteiger partial charge in [-0.15, -0.1) is 0 Å². The molecule has 0 N–H and O–H groups in total. The first-order valence-electron chi connectivity index (χ1n) is 9.68. The van der Waals surface area contributed by atoms with Crippen LogP contribution in [-0.2, 0) is 4.79 Å². The predicted molar refractivity (Wildman–Crippen MR) is 116 cm³/mol. The standard InChI is InChI=1S/C23H18N4O5/c1-13-7-8-21(32-15(3)28)20(9-13)22(29)16-10-19-14(2)25-26(23(19)24-12-16)17-5-4-6-18(11-17)27(30)31/h4-12H,1-3H3. The molecule has 0 aliphatic rings. The molecule has 32 heavy (non-hydrogen) atoms. The summed E-state index contributed by atoms with van der Waals surface area (Å²) in [5, 5.41) is 16.2. The average Bonchev–Trinajstić information content (AvgIpc) is 3.10. The van der Waals surface area contributed by atoms with Crippen LogP contribution in [0, 0.1) is 24.0 Å². The first kappa shape index (κ1) is 20.9. The largest absolute Gasteiger partial charge is 0.426 e. The van der Waals surface area contributed by atoms with E-state index in [0.717, 1.165) is 5.56 Å². The summed E-state index contributed by atoms with van der Waals surface area (Å²) in [5.41, 5.74) is 2.89. The molecule has 0 aliphatic heterocycles. The number of aryl methyl sites for hydroxylation is 2. The predicted octanol–water partition coefficient (Wildman–Crippen LogP) is 4.10. The number of non-ortho nitro benzene ring substituents is 1. The second-order valence-electron chi connectivity index (χ2n) is 7.29. The van der Waals surface area contributed by atoms with E-state index in [1.54, 1.807) is 43.3 Å². The van der Waals surface area contributed by atoms with E-state index in [0.29, 0.717) is 28.0 Å². The van der Waals surface area contributed by atoms with Crippen LogP contribution in [0.25, 0.3) is 16.7 Å². The number of pyridine rings is 1. The number of esters is 1. The molecule has 4 rings (SSSR count). The summed E-state index contributed by atoms with van der Waals surface area (Å²) in [7, 11) is 0. The van der Waals surface area contributed by atoms with Crippen molar-refractivity contribution in [2.75, 3.05) is 0 Å². The zero-order chi connectivity index (χ0) is 23.0. The normalized spacial score (nSPS) is 10.8. The van der Waals surface area contributed by atoms with E-state index in [2.05, 4.69) is 10.1 Å². The van der Waals surface area contributed by atoms with Crippen LogP contribution in [-0.4, -0.2) is 31.4 Å². The summed E-state index contributed by atoms with van der Waals surface area (Å²) in [6.45, 7) is 4.87. The van der Waals surface area contributed by atoms with E-state index in [1.165, 1.54) is 29.9 Å². The lowest BCUT2D eigenvalue weighted by Gasteiger charge is -2.09. The maximum Gasteiger partial charge on any atom is 0.308 e. The van der Waals surface area contributed by atoms with Crippen molar-refractivity contribution in [1.82, 2.24) is 14.8 Å². The molecule has 9 nitrogen and oxygen atoms in total. The van der Waals surface area contributed by atoms with Gasteiger partial charge in [-0.1, -0.05) is 17.7 Å². The maximum atomic E-state index is 13.2. The number of rotatable bonds is 5. The number of nitrogens with zero attached hydrogens (tertiary/aromatic N) is 4. The number of benzene rings is 2. The fraction of sp³-hybridized carbons (Fsp3) is 0.130. The lowest BCUT2D eigenvalue weighted by Crippen LogP contribution is -2.09. The first-order chi connectivity index (χ1) is 15.2. The Labute approximate surface area is 182 Å². The zero-order valence-electron chi connectivity index (χ0n) is 17.5. The van der Waals surface area contributed by atoms with Crippen molar-refractivity contribution >= 4 is 28.5 Å². The lowest BCUT2D eigenvalue weighted by atomic mass is 10.0. The molecule has 0 unspecified atom stereocenters. The quantitative estimate of drug-likeness (QED) is 0.154. The molecule has 0 atom stereocenters. The van der Waals surface area contributed by atoms with Crippen molar-refractivity contribution in [3.05, 3.63) is 87.2 Å². The SMILES string of the molecule is CC(=O)Oc1ccc(C)cc1C(=O)c1cnc2c(c1)c(C)nn2-c1cccc([N+](=O)[O-])c1. The van der Waals surface area contributed by atoms with Crippen LogP contribution < -0.4 is 4.74 Å². The van der Waals surface area contributed by atoms with Gasteiger partial charge in [-0.3, -0.25) is 19.7 Å². The Morgan fingerprint density at radius 3 is 2.59 bits per heavy atom. The van der Waals surface area contributed by atoms with Crippen LogP contribution in [0.1, 0.15) is 34.1 Å². The summed E-state index contributed by atoms with van der Waals surface area (Å²) >= 11 is 0. The summed E-state index contributed by atoms with van der Waals surface area (Å²) in [4.78, 5) is 39.7. The number of nitro groups is 1. The number of nitro benzene ring substituents is 1. The highest BCUT2D eigenvalue weighted by Gasteiger charge is 2.20. The zero-order valence-corrected chi connectivity index (χ0v) is 17.5. The third-order valence-electron chi connectivity index (χ3n) is 4.89. The van der Waals surface area contributed by atoms with E-state index in [1.807, 2.05) is 6.92 Å². The van der Waals surface area contributed by atoms with Crippen molar-refractivity contribution in [3.63, 3.8) is 0 Å². The van der Waals surface area contributed by atoms with Crippen LogP contribution in [0.3, 0.4) is 0 Å². The number of ether oxygens (including phenoxy) is 1. The van der Waals surface area contributed by atoms with Gasteiger partial charge >= 0.3 is 5.97 Å². The number of hydrogen-bond acceptors (Lipinski definition) is 7. The van der Waals surface area contributed by atoms with E-state index in [-0.39, 0.29) is 22.8 Å². The maximum absolute atomic E-state index is 13.2. The Bertz CT molecular complexity index is 1410. The Morgan fingerprint density at radius 2 is 1.88 bits per heavy atom. The highest BCUT2D eigenvalue weighted by Crippen LogP contribution is 2.27. The number of fused-ring (bicyclic) bond motifs is 1. The highest BCUT2D eigenvalue weighted by molar-refractivity contribution is 6.12. The van der Waals surface area contributed by atoms with Gasteiger partial charge in [-0.25, -0.2) is 9.67 Å². The molecular weight excluding hydrogens is 412 g/mol. The third-order valence-corrected chi connectivity index (χ3v) is 4.89. The minimum atomic E-state index is -0.523. The van der Waals surface area contributed by atoms with Crippen molar-refractivity contribution in [2.45, 2.75) is 20.8 Å². The average molecular weight is 430 g/mol. The molecule has 0 saturated heterocycles. The molecule has 0 aliphatic carbocycles. The molecule has 2 aromatic carbocycles. The molecule has 0 amide bonds. The van der Waals surface area contributed by atoms with Gasteiger partial charge < -0.3 is 4.74 Å². The second-order valence-corrected chi connectivity index (χ2v) is 7.29. The Kier molecular flexibility index (Phi) is 5.23. The van der Waals surface area contributed by atoms with Gasteiger partial charge in [0.2, 0.25) is 0 Å². The monoisotopic (exact) mass is 430 g/mol. The number of carbonyl (C=O) groups is 2. The van der Waals surface area contributed by atoms with Gasteiger partial charge in [0.1, 0.15) is 5.75 Å². The molecule has 4 aromatic rings. The summed E-state index contributed by atoms with van der Waals surface area (Å²) in [6.07, 6.45) is 1.42. The summed E-state index contributed by atoms with van der Waals surface area (Å²) in [5.74, 6) is -0.690. The van der Waals surface area contributed by atoms with Crippen LogP contribution >= 0.6 is 0 Å². The van der Waals surface area contributed by atoms with Crippen molar-refractivity contribution in [2.24, 2.45) is 0 Å². The Morgan fingerprint density at radius 1 is 1.09 bits per heavy atom. The smallest absolute Gasteiger partial charge is 0.308 e. The Balaban J connectivity index is 1.79. The number of aromatic nitrogens is 3. The van der Waals surface area contributed by atoms with E-state index < -0.39 is 10.9 Å². The molecule has 0 radical (unpaired) electrons. The summed E-state index contributed by atoms with van der Waals surface area (Å²) < 4.78 is 6.70. The van der Waals surface area contributed by atoms with E-state index in [4.69, 9.17) is 4.74 Å². The van der Waals surface area contributed by atoms with E-state index >= 15 is 0 Å². The fourth-order valence-electron chi connectivity index (χ4n) is 3.41. The minimum absolute atomic E-state index is 0.0620. The number of carbonyl (C=O) groups excluding carboxylic acids is 2. The van der Waals surface area contributed by atoms with Gasteiger partial charge in [-0.2, -0.15) is 5.10 Å². The van der Waals surface area contributed by atoms with Crippen LogP contribution in [0.5, 0.6) is 5.75 Å². The first-order valence-corrected chi connectivity index (χ1v) is 9.68. The fourth-order valence-corrected chi connectivity index (χ4v) is 3.41. The molecular formula is C23H18N4O5. The minimum Gasteiger partial charge on any atom is -0.426 e. The van der Waals surface area contributed by atoms with Gasteiger partial charge in [-0.05, 0) is 38.1 Å². The summed E-state index contributed by atoms with van der Waals surface area (Å²) in [6, 6.07) is 12.7. The van der Waals surface area contributed by atoms with Gasteiger partial charge in [0.25, 0.3) is 5.69 Å². The topological polar surface area (TPSA) is 117 Å². The van der Waals surface area contributed by atoms with Crippen molar-refractivity contribution < 1.29 is 19.2 Å². The molecule has 9 heteroatoms. The van der Waals surface area contributed by atoms with Crippen LogP contribution in [0.2, 0.25) is 0 Å². The van der Waals surface area contributed by atoms with Gasteiger partial charge in [0.15, 0.2) is 11.4 Å². The molecule has 160 valence electrons. The Hall–Kier alpha value is -4.40. The molecule has 0 fully saturated rings. The highest BCUT2D eigenvalue weighted by atomic mass is 16.6. The molecule has 2 heterocycles.